The summed E-state index contributed by atoms with van der Waals surface area (Å²) in [7, 11) is 0. The summed E-state index contributed by atoms with van der Waals surface area (Å²) in [5.74, 6) is -1.08. The van der Waals surface area contributed by atoms with Crippen molar-refractivity contribution in [2.75, 3.05) is 31.1 Å². The molecule has 0 radical (unpaired) electrons. The highest BCUT2D eigenvalue weighted by Gasteiger charge is 2.43. The fourth-order valence-corrected chi connectivity index (χ4v) is 3.68. The van der Waals surface area contributed by atoms with Crippen molar-refractivity contribution in [2.45, 2.75) is 12.5 Å². The molecule has 2 saturated heterocycles. The van der Waals surface area contributed by atoms with Gasteiger partial charge in [0.2, 0.25) is 5.91 Å². The minimum absolute atomic E-state index is 0.0659. The number of rotatable bonds is 3. The molecule has 4 rings (SSSR count). The highest BCUT2D eigenvalue weighted by molar-refractivity contribution is 6.22. The summed E-state index contributed by atoms with van der Waals surface area (Å²) in [5, 5.41) is 0. The molecule has 2 fully saturated rings. The molecule has 3 heterocycles. The van der Waals surface area contributed by atoms with Crippen molar-refractivity contribution in [3.8, 4) is 0 Å². The number of aromatic nitrogens is 1. The van der Waals surface area contributed by atoms with E-state index in [-0.39, 0.29) is 24.1 Å². The Morgan fingerprint density at radius 1 is 0.964 bits per heavy atom. The van der Waals surface area contributed by atoms with Crippen molar-refractivity contribution < 1.29 is 18.8 Å². The molecule has 0 bridgehead atoms. The first-order valence-corrected chi connectivity index (χ1v) is 9.10. The van der Waals surface area contributed by atoms with E-state index in [9.17, 15) is 18.8 Å². The van der Waals surface area contributed by atoms with Crippen molar-refractivity contribution in [3.63, 3.8) is 0 Å². The van der Waals surface area contributed by atoms with Crippen LogP contribution in [-0.4, -0.2) is 64.7 Å². The van der Waals surface area contributed by atoms with Crippen LogP contribution in [0.4, 0.5) is 10.1 Å². The Morgan fingerprint density at radius 3 is 2.25 bits per heavy atom. The molecular formula is C20H19FN4O3. The molecule has 1 aromatic carbocycles. The monoisotopic (exact) mass is 382 g/mol. The number of anilines is 1. The minimum Gasteiger partial charge on any atom is -0.336 e. The maximum absolute atomic E-state index is 13.1. The predicted octanol–water partition coefficient (Wildman–Crippen LogP) is 1.31. The highest BCUT2D eigenvalue weighted by atomic mass is 19.1. The van der Waals surface area contributed by atoms with Crippen LogP contribution in [0.15, 0.2) is 48.8 Å². The van der Waals surface area contributed by atoms with E-state index in [0.717, 1.165) is 4.90 Å². The van der Waals surface area contributed by atoms with Crippen molar-refractivity contribution in [2.24, 2.45) is 0 Å². The number of benzene rings is 1. The second-order valence-electron chi connectivity index (χ2n) is 6.83. The molecule has 7 nitrogen and oxygen atoms in total. The van der Waals surface area contributed by atoms with E-state index in [2.05, 4.69) is 4.98 Å². The van der Waals surface area contributed by atoms with Crippen LogP contribution < -0.4 is 4.90 Å². The predicted molar refractivity (Wildman–Crippen MR) is 99.0 cm³/mol. The van der Waals surface area contributed by atoms with Gasteiger partial charge in [0.25, 0.3) is 11.8 Å². The maximum atomic E-state index is 13.1. The quantitative estimate of drug-likeness (QED) is 0.749. The number of imide groups is 1. The van der Waals surface area contributed by atoms with Gasteiger partial charge >= 0.3 is 0 Å². The number of carbonyl (C=O) groups is 3. The lowest BCUT2D eigenvalue weighted by Crippen LogP contribution is -2.53. The third-order valence-corrected chi connectivity index (χ3v) is 5.18. The van der Waals surface area contributed by atoms with Gasteiger partial charge in [-0.2, -0.15) is 0 Å². The second-order valence-corrected chi connectivity index (χ2v) is 6.83. The second kappa shape index (κ2) is 7.47. The van der Waals surface area contributed by atoms with E-state index in [1.54, 1.807) is 29.4 Å². The van der Waals surface area contributed by atoms with Crippen LogP contribution in [-0.2, 0) is 9.59 Å². The summed E-state index contributed by atoms with van der Waals surface area (Å²) < 4.78 is 13.1. The van der Waals surface area contributed by atoms with Gasteiger partial charge in [0, 0.05) is 44.1 Å². The Bertz CT molecular complexity index is 895. The summed E-state index contributed by atoms with van der Waals surface area (Å²) in [6.45, 7) is 1.99. The lowest BCUT2D eigenvalue weighted by molar-refractivity contribution is -0.123. The zero-order chi connectivity index (χ0) is 19.7. The Balaban J connectivity index is 1.41. The number of pyridine rings is 1. The Labute approximate surface area is 161 Å². The SMILES string of the molecule is O=C(c1ccncc1)N1CCN([C@H]2CC(=O)N(c3ccc(F)cc3)C2=O)CC1. The van der Waals surface area contributed by atoms with Gasteiger partial charge in [0.15, 0.2) is 0 Å². The van der Waals surface area contributed by atoms with E-state index >= 15 is 0 Å². The zero-order valence-corrected chi connectivity index (χ0v) is 15.1. The number of hydrogen-bond donors (Lipinski definition) is 0. The smallest absolute Gasteiger partial charge is 0.254 e. The van der Waals surface area contributed by atoms with Gasteiger partial charge in [-0.3, -0.25) is 24.3 Å². The number of hydrogen-bond acceptors (Lipinski definition) is 5. The number of halogens is 1. The van der Waals surface area contributed by atoms with Crippen LogP contribution in [0.25, 0.3) is 0 Å². The van der Waals surface area contributed by atoms with E-state index in [1.807, 2.05) is 4.90 Å². The fraction of sp³-hybridized carbons (Fsp3) is 0.300. The minimum atomic E-state index is -0.546. The van der Waals surface area contributed by atoms with Crippen molar-refractivity contribution in [1.29, 1.82) is 0 Å². The Hall–Kier alpha value is -3.13. The molecular weight excluding hydrogens is 363 g/mol. The van der Waals surface area contributed by atoms with Gasteiger partial charge in [-0.15, -0.1) is 0 Å². The van der Waals surface area contributed by atoms with Crippen molar-refractivity contribution >= 4 is 23.4 Å². The number of amides is 3. The molecule has 2 aromatic rings. The molecule has 8 heteroatoms. The molecule has 28 heavy (non-hydrogen) atoms. The third kappa shape index (κ3) is 3.38. The summed E-state index contributed by atoms with van der Waals surface area (Å²) >= 11 is 0. The van der Waals surface area contributed by atoms with Crippen LogP contribution in [0, 0.1) is 5.82 Å². The molecule has 0 N–H and O–H groups in total. The van der Waals surface area contributed by atoms with E-state index in [4.69, 9.17) is 0 Å². The molecule has 0 aliphatic carbocycles. The summed E-state index contributed by atoms with van der Waals surface area (Å²) in [4.78, 5) is 46.5. The molecule has 144 valence electrons. The van der Waals surface area contributed by atoms with Crippen molar-refractivity contribution in [1.82, 2.24) is 14.8 Å². The third-order valence-electron chi connectivity index (χ3n) is 5.18. The fourth-order valence-electron chi connectivity index (χ4n) is 3.68. The lowest BCUT2D eigenvalue weighted by Gasteiger charge is -2.37. The van der Waals surface area contributed by atoms with Crippen LogP contribution in [0.1, 0.15) is 16.8 Å². The first-order valence-electron chi connectivity index (χ1n) is 9.10. The normalized spacial score (nSPS) is 20.7. The van der Waals surface area contributed by atoms with E-state index in [0.29, 0.717) is 37.4 Å². The molecule has 0 spiro atoms. The summed E-state index contributed by atoms with van der Waals surface area (Å²) in [6, 6.07) is 8.12. The van der Waals surface area contributed by atoms with Crippen LogP contribution in [0.2, 0.25) is 0 Å². The van der Waals surface area contributed by atoms with Gasteiger partial charge in [-0.05, 0) is 36.4 Å². The molecule has 3 amide bonds. The molecule has 1 aromatic heterocycles. The van der Waals surface area contributed by atoms with Gasteiger partial charge in [0.1, 0.15) is 5.82 Å². The van der Waals surface area contributed by atoms with Gasteiger partial charge in [0.05, 0.1) is 18.2 Å². The topological polar surface area (TPSA) is 73.8 Å². The number of piperazine rings is 1. The molecule has 2 aliphatic heterocycles. The molecule has 1 atom stereocenters. The largest absolute Gasteiger partial charge is 0.336 e. The van der Waals surface area contributed by atoms with Gasteiger partial charge < -0.3 is 4.90 Å². The van der Waals surface area contributed by atoms with Gasteiger partial charge in [-0.1, -0.05) is 0 Å². The van der Waals surface area contributed by atoms with E-state index < -0.39 is 11.9 Å². The highest BCUT2D eigenvalue weighted by Crippen LogP contribution is 2.26. The standard InChI is InChI=1S/C20H19FN4O3/c21-15-1-3-16(4-2-15)25-18(26)13-17(20(25)28)23-9-11-24(12-10-23)19(27)14-5-7-22-8-6-14/h1-8,17H,9-13H2/t17-/m0/s1. The average Bonchev–Trinajstić information content (AvgIpc) is 3.03. The first kappa shape index (κ1) is 18.2. The molecule has 0 saturated carbocycles. The summed E-state index contributed by atoms with van der Waals surface area (Å²) in [5.41, 5.74) is 0.962. The average molecular weight is 382 g/mol. The van der Waals surface area contributed by atoms with Crippen LogP contribution in [0.3, 0.4) is 0 Å². The summed E-state index contributed by atoms with van der Waals surface area (Å²) in [6.07, 6.45) is 3.25. The maximum Gasteiger partial charge on any atom is 0.254 e. The van der Waals surface area contributed by atoms with Crippen LogP contribution >= 0.6 is 0 Å². The first-order chi connectivity index (χ1) is 13.5. The molecule has 2 aliphatic rings. The van der Waals surface area contributed by atoms with Gasteiger partial charge in [-0.25, -0.2) is 9.29 Å². The zero-order valence-electron chi connectivity index (χ0n) is 15.1. The number of nitrogens with zero attached hydrogens (tertiary/aromatic N) is 4. The molecule has 0 unspecified atom stereocenters. The Kier molecular flexibility index (Phi) is 4.87. The van der Waals surface area contributed by atoms with E-state index in [1.165, 1.54) is 24.3 Å². The lowest BCUT2D eigenvalue weighted by atomic mass is 10.1. The van der Waals surface area contributed by atoms with Crippen molar-refractivity contribution in [3.05, 3.63) is 60.2 Å². The van der Waals surface area contributed by atoms with Crippen LogP contribution in [0.5, 0.6) is 0 Å². The number of carbonyl (C=O) groups excluding carboxylic acids is 3. The Morgan fingerprint density at radius 2 is 1.61 bits per heavy atom.